The number of nitrogens with one attached hydrogen (secondary N) is 1. The van der Waals surface area contributed by atoms with Crippen LogP contribution < -0.4 is 5.32 Å². The van der Waals surface area contributed by atoms with Crippen molar-refractivity contribution in [2.45, 2.75) is 6.42 Å². The van der Waals surface area contributed by atoms with Gasteiger partial charge in [-0.2, -0.15) is 0 Å². The topological polar surface area (TPSA) is 46.2 Å². The van der Waals surface area contributed by atoms with Gasteiger partial charge in [-0.15, -0.1) is 0 Å². The third kappa shape index (κ3) is 5.06. The number of carbonyl (C=O) groups is 2. The van der Waals surface area contributed by atoms with Crippen LogP contribution in [0.3, 0.4) is 0 Å². The van der Waals surface area contributed by atoms with Gasteiger partial charge in [-0.05, 0) is 48.0 Å². The molecule has 0 heterocycles. The van der Waals surface area contributed by atoms with Gasteiger partial charge in [-0.25, -0.2) is 0 Å². The lowest BCUT2D eigenvalue weighted by molar-refractivity contribution is -0.115. The minimum Gasteiger partial charge on any atom is -0.324 e. The van der Waals surface area contributed by atoms with Gasteiger partial charge >= 0.3 is 0 Å². The molecule has 0 aromatic heterocycles. The van der Waals surface area contributed by atoms with Gasteiger partial charge in [-0.3, -0.25) is 9.59 Å². The van der Waals surface area contributed by atoms with E-state index in [1.807, 2.05) is 0 Å². The Morgan fingerprint density at radius 1 is 0.786 bits per heavy atom. The van der Waals surface area contributed by atoms with Crippen LogP contribution in [0, 0.1) is 0 Å². The second-order valence-corrected chi connectivity index (χ2v) is 7.69. The molecule has 3 rings (SSSR count). The molecule has 1 N–H and O–H groups in total. The van der Waals surface area contributed by atoms with Crippen molar-refractivity contribution >= 4 is 63.8 Å². The molecule has 0 radical (unpaired) electrons. The summed E-state index contributed by atoms with van der Waals surface area (Å²) in [6.45, 7) is 0. The highest BCUT2D eigenvalue weighted by Crippen LogP contribution is 2.26. The van der Waals surface area contributed by atoms with Crippen molar-refractivity contribution in [3.63, 3.8) is 0 Å². The Kier molecular flexibility index (Phi) is 6.63. The third-order valence-corrected chi connectivity index (χ3v) is 5.01. The number of hydrogen-bond donors (Lipinski definition) is 1. The minimum absolute atomic E-state index is 0.0545. The molecule has 0 saturated heterocycles. The van der Waals surface area contributed by atoms with Crippen LogP contribution in [-0.4, -0.2) is 11.7 Å². The summed E-state index contributed by atoms with van der Waals surface area (Å²) in [5.74, 6) is -0.595. The summed E-state index contributed by atoms with van der Waals surface area (Å²) in [6, 6.07) is 16.4. The zero-order valence-corrected chi connectivity index (χ0v) is 17.3. The highest BCUT2D eigenvalue weighted by Gasteiger charge is 2.16. The van der Waals surface area contributed by atoms with E-state index in [9.17, 15) is 9.59 Å². The quantitative estimate of drug-likeness (QED) is 0.437. The van der Waals surface area contributed by atoms with Crippen molar-refractivity contribution in [2.24, 2.45) is 0 Å². The molecule has 142 valence electrons. The van der Waals surface area contributed by atoms with Crippen molar-refractivity contribution in [1.29, 1.82) is 0 Å². The molecule has 0 aliphatic rings. The second-order valence-electron chi connectivity index (χ2n) is 6.01. The smallest absolute Gasteiger partial charge is 0.228 e. The summed E-state index contributed by atoms with van der Waals surface area (Å²) in [5, 5.41) is 4.16. The first kappa shape index (κ1) is 20.7. The zero-order chi connectivity index (χ0) is 20.3. The van der Waals surface area contributed by atoms with Gasteiger partial charge in [0.05, 0.1) is 22.2 Å². The van der Waals surface area contributed by atoms with E-state index >= 15 is 0 Å². The van der Waals surface area contributed by atoms with Crippen LogP contribution in [0.4, 0.5) is 5.69 Å². The predicted octanol–water partition coefficient (Wildman–Crippen LogP) is 6.71. The Bertz CT molecular complexity index is 1050. The van der Waals surface area contributed by atoms with E-state index in [1.165, 1.54) is 18.2 Å². The fourth-order valence-electron chi connectivity index (χ4n) is 2.64. The fourth-order valence-corrected chi connectivity index (χ4v) is 3.55. The van der Waals surface area contributed by atoms with Crippen LogP contribution in [0.2, 0.25) is 20.1 Å². The Balaban J connectivity index is 1.82. The maximum Gasteiger partial charge on any atom is 0.228 e. The molecule has 7 heteroatoms. The summed E-state index contributed by atoms with van der Waals surface area (Å²) in [7, 11) is 0. The molecule has 1 amide bonds. The lowest BCUT2D eigenvalue weighted by Crippen LogP contribution is -2.15. The van der Waals surface area contributed by atoms with Crippen molar-refractivity contribution in [3.8, 4) is 0 Å². The molecule has 28 heavy (non-hydrogen) atoms. The Morgan fingerprint density at radius 2 is 1.46 bits per heavy atom. The van der Waals surface area contributed by atoms with Crippen molar-refractivity contribution in [3.05, 3.63) is 97.4 Å². The van der Waals surface area contributed by atoms with E-state index in [0.29, 0.717) is 31.9 Å². The first-order valence-corrected chi connectivity index (χ1v) is 9.68. The number of ketones is 1. The number of para-hydroxylation sites is 1. The summed E-state index contributed by atoms with van der Waals surface area (Å²) >= 11 is 24.2. The number of rotatable bonds is 5. The van der Waals surface area contributed by atoms with E-state index in [2.05, 4.69) is 5.32 Å². The van der Waals surface area contributed by atoms with Gasteiger partial charge in [0, 0.05) is 21.2 Å². The summed E-state index contributed by atoms with van der Waals surface area (Å²) in [6.07, 6.45) is 0.0545. The van der Waals surface area contributed by atoms with Crippen LogP contribution in [0.5, 0.6) is 0 Å². The van der Waals surface area contributed by atoms with Crippen LogP contribution in [0.1, 0.15) is 21.5 Å². The summed E-state index contributed by atoms with van der Waals surface area (Å²) in [4.78, 5) is 25.2. The Hall–Kier alpha value is -2.04. The Labute approximate surface area is 182 Å². The molecular weight excluding hydrogens is 440 g/mol. The van der Waals surface area contributed by atoms with E-state index < -0.39 is 0 Å². The molecular formula is C21H13Cl4NO2. The number of halogens is 4. The molecule has 0 spiro atoms. The number of benzene rings is 3. The average Bonchev–Trinajstić information content (AvgIpc) is 2.64. The molecule has 0 unspecified atom stereocenters. The van der Waals surface area contributed by atoms with Crippen molar-refractivity contribution in [1.82, 2.24) is 0 Å². The first-order chi connectivity index (χ1) is 13.3. The standard InChI is InChI=1S/C21H13Cl4NO2/c22-14-9-13(10-15(23)11-14)21(28)16-7-12(5-6-17(16)24)8-20(27)26-19-4-2-1-3-18(19)25/h1-7,9-11H,8H2,(H,26,27). The zero-order valence-electron chi connectivity index (χ0n) is 14.3. The van der Waals surface area contributed by atoms with Crippen LogP contribution in [0.25, 0.3) is 0 Å². The molecule has 0 aliphatic heterocycles. The monoisotopic (exact) mass is 451 g/mol. The van der Waals surface area contributed by atoms with Crippen molar-refractivity contribution in [2.75, 3.05) is 5.32 Å². The summed E-state index contributed by atoms with van der Waals surface area (Å²) < 4.78 is 0. The lowest BCUT2D eigenvalue weighted by atomic mass is 10.00. The Morgan fingerprint density at radius 3 is 2.14 bits per heavy atom. The number of hydrogen-bond acceptors (Lipinski definition) is 2. The molecule has 3 nitrogen and oxygen atoms in total. The highest BCUT2D eigenvalue weighted by atomic mass is 35.5. The molecule has 0 bridgehead atoms. The maximum absolute atomic E-state index is 12.8. The van der Waals surface area contributed by atoms with Crippen LogP contribution in [-0.2, 0) is 11.2 Å². The van der Waals surface area contributed by atoms with Gasteiger partial charge in [-0.1, -0.05) is 64.6 Å². The molecule has 0 atom stereocenters. The highest BCUT2D eigenvalue weighted by molar-refractivity contribution is 6.37. The SMILES string of the molecule is O=C(Cc1ccc(Cl)c(C(=O)c2cc(Cl)cc(Cl)c2)c1)Nc1ccccc1Cl. The largest absolute Gasteiger partial charge is 0.324 e. The van der Waals surface area contributed by atoms with E-state index in [1.54, 1.807) is 42.5 Å². The number of carbonyl (C=O) groups excluding carboxylic acids is 2. The van der Waals surface area contributed by atoms with E-state index in [4.69, 9.17) is 46.4 Å². The summed E-state index contributed by atoms with van der Waals surface area (Å²) in [5.41, 5.74) is 1.73. The maximum atomic E-state index is 12.8. The minimum atomic E-state index is -0.331. The number of amides is 1. The molecule has 0 saturated carbocycles. The predicted molar refractivity (Wildman–Crippen MR) is 115 cm³/mol. The average molecular weight is 453 g/mol. The van der Waals surface area contributed by atoms with Gasteiger partial charge in [0.1, 0.15) is 0 Å². The van der Waals surface area contributed by atoms with Crippen LogP contribution >= 0.6 is 46.4 Å². The van der Waals surface area contributed by atoms with Crippen LogP contribution in [0.15, 0.2) is 60.7 Å². The molecule has 0 fully saturated rings. The second kappa shape index (κ2) is 8.97. The van der Waals surface area contributed by atoms with Gasteiger partial charge in [0.15, 0.2) is 5.78 Å². The van der Waals surface area contributed by atoms with E-state index in [0.717, 1.165) is 0 Å². The normalized spacial score (nSPS) is 10.6. The molecule has 3 aromatic rings. The van der Waals surface area contributed by atoms with Gasteiger partial charge in [0.25, 0.3) is 0 Å². The molecule has 3 aromatic carbocycles. The first-order valence-electron chi connectivity index (χ1n) is 8.17. The van der Waals surface area contributed by atoms with Crippen molar-refractivity contribution < 1.29 is 9.59 Å². The lowest BCUT2D eigenvalue weighted by Gasteiger charge is -2.10. The number of anilines is 1. The third-order valence-electron chi connectivity index (χ3n) is 3.91. The van der Waals surface area contributed by atoms with Gasteiger partial charge < -0.3 is 5.32 Å². The van der Waals surface area contributed by atoms with Gasteiger partial charge in [0.2, 0.25) is 5.91 Å². The molecule has 0 aliphatic carbocycles. The fraction of sp³-hybridized carbons (Fsp3) is 0.0476. The van der Waals surface area contributed by atoms with E-state index in [-0.39, 0.29) is 28.7 Å².